The lowest BCUT2D eigenvalue weighted by Crippen LogP contribution is -2.03. The first kappa shape index (κ1) is 16.7. The maximum Gasteiger partial charge on any atom is 0.344 e. The first-order valence-electron chi connectivity index (χ1n) is 9.65. The monoisotopic (exact) mass is 389 g/mol. The molecule has 0 bridgehead atoms. The summed E-state index contributed by atoms with van der Waals surface area (Å²) in [6.45, 7) is 0. The van der Waals surface area contributed by atoms with Gasteiger partial charge in [-0.05, 0) is 41.3 Å². The number of hydrogen-bond acceptors (Lipinski definition) is 4. The molecule has 0 saturated carbocycles. The minimum Gasteiger partial charge on any atom is -0.422 e. The highest BCUT2D eigenvalue weighted by Gasteiger charge is 2.11. The van der Waals surface area contributed by atoms with Crippen LogP contribution in [0.5, 0.6) is 0 Å². The van der Waals surface area contributed by atoms with Gasteiger partial charge in [-0.15, -0.1) is 10.2 Å². The van der Waals surface area contributed by atoms with Crippen LogP contribution in [0.2, 0.25) is 0 Å². The highest BCUT2D eigenvalue weighted by Crippen LogP contribution is 2.25. The lowest BCUT2D eigenvalue weighted by atomic mass is 10.1. The van der Waals surface area contributed by atoms with Crippen molar-refractivity contribution in [2.45, 2.75) is 0 Å². The lowest BCUT2D eigenvalue weighted by Gasteiger charge is -2.04. The second-order valence-corrected chi connectivity index (χ2v) is 7.18. The Hall–Kier alpha value is -4.25. The zero-order valence-electron chi connectivity index (χ0n) is 15.8. The SMILES string of the molecule is O=c1oc2ccc(-n3nc4ccc5ccccc5c4n3)cc2cc1-c1ccccc1. The Kier molecular flexibility index (Phi) is 3.55. The van der Waals surface area contributed by atoms with Gasteiger partial charge in [0.1, 0.15) is 16.6 Å². The Morgan fingerprint density at radius 1 is 0.733 bits per heavy atom. The molecular weight excluding hydrogens is 374 g/mol. The summed E-state index contributed by atoms with van der Waals surface area (Å²) in [6.07, 6.45) is 0. The van der Waals surface area contributed by atoms with Gasteiger partial charge in [-0.2, -0.15) is 4.80 Å². The molecule has 142 valence electrons. The molecule has 0 unspecified atom stereocenters. The van der Waals surface area contributed by atoms with E-state index >= 15 is 0 Å². The third kappa shape index (κ3) is 2.60. The van der Waals surface area contributed by atoms with Crippen LogP contribution in [0, 0.1) is 0 Å². The van der Waals surface area contributed by atoms with Gasteiger partial charge in [0.05, 0.1) is 11.3 Å². The molecule has 0 N–H and O–H groups in total. The van der Waals surface area contributed by atoms with Crippen molar-refractivity contribution in [2.75, 3.05) is 0 Å². The summed E-state index contributed by atoms with van der Waals surface area (Å²) in [5, 5.41) is 12.4. The Bertz CT molecular complexity index is 1610. The first-order valence-corrected chi connectivity index (χ1v) is 9.65. The number of aromatic nitrogens is 3. The van der Waals surface area contributed by atoms with Crippen LogP contribution in [0.3, 0.4) is 0 Å². The summed E-state index contributed by atoms with van der Waals surface area (Å²) in [5.41, 5.74) is 4.03. The van der Waals surface area contributed by atoms with Gasteiger partial charge < -0.3 is 4.42 Å². The number of nitrogens with zero attached hydrogens (tertiary/aromatic N) is 3. The minimum atomic E-state index is -0.351. The van der Waals surface area contributed by atoms with Gasteiger partial charge >= 0.3 is 5.63 Å². The van der Waals surface area contributed by atoms with E-state index in [-0.39, 0.29) is 5.63 Å². The van der Waals surface area contributed by atoms with Gasteiger partial charge in [0, 0.05) is 10.8 Å². The van der Waals surface area contributed by atoms with Gasteiger partial charge in [-0.1, -0.05) is 60.7 Å². The van der Waals surface area contributed by atoms with E-state index in [4.69, 9.17) is 9.52 Å². The average Bonchev–Trinajstić information content (AvgIpc) is 3.24. The molecule has 6 rings (SSSR count). The van der Waals surface area contributed by atoms with Gasteiger partial charge in [0.15, 0.2) is 0 Å². The smallest absolute Gasteiger partial charge is 0.344 e. The second kappa shape index (κ2) is 6.39. The van der Waals surface area contributed by atoms with Crippen LogP contribution in [0.1, 0.15) is 0 Å². The summed E-state index contributed by atoms with van der Waals surface area (Å²) in [5.74, 6) is 0. The van der Waals surface area contributed by atoms with Crippen molar-refractivity contribution in [2.24, 2.45) is 0 Å². The van der Waals surface area contributed by atoms with E-state index in [1.165, 1.54) is 0 Å². The molecule has 2 aromatic heterocycles. The molecule has 0 fully saturated rings. The molecule has 0 aliphatic carbocycles. The summed E-state index contributed by atoms with van der Waals surface area (Å²) < 4.78 is 5.55. The maximum absolute atomic E-state index is 12.4. The van der Waals surface area contributed by atoms with Crippen LogP contribution in [-0.4, -0.2) is 15.0 Å². The fourth-order valence-electron chi connectivity index (χ4n) is 3.82. The number of rotatable bonds is 2. The lowest BCUT2D eigenvalue weighted by molar-refractivity contribution is 0.563. The van der Waals surface area contributed by atoms with Crippen LogP contribution < -0.4 is 5.63 Å². The normalized spacial score (nSPS) is 11.5. The van der Waals surface area contributed by atoms with Crippen molar-refractivity contribution in [3.8, 4) is 16.8 Å². The van der Waals surface area contributed by atoms with Crippen molar-refractivity contribution in [1.82, 2.24) is 15.0 Å². The fraction of sp³-hybridized carbons (Fsp3) is 0. The third-order valence-corrected chi connectivity index (χ3v) is 5.31. The van der Waals surface area contributed by atoms with E-state index in [0.29, 0.717) is 11.1 Å². The van der Waals surface area contributed by atoms with Crippen LogP contribution in [-0.2, 0) is 0 Å². The standard InChI is InChI=1S/C25H15N3O2/c29-25-21(16-6-2-1-3-7-16)15-18-14-19(11-13-23(18)30-25)28-26-22-12-10-17-8-4-5-9-20(17)24(22)27-28/h1-15H. The van der Waals surface area contributed by atoms with Gasteiger partial charge in [0.25, 0.3) is 0 Å². The minimum absolute atomic E-state index is 0.351. The summed E-state index contributed by atoms with van der Waals surface area (Å²) in [4.78, 5) is 14.1. The molecule has 6 aromatic rings. The van der Waals surface area contributed by atoms with Crippen molar-refractivity contribution < 1.29 is 4.42 Å². The maximum atomic E-state index is 12.4. The number of hydrogen-bond donors (Lipinski definition) is 0. The molecule has 0 radical (unpaired) electrons. The largest absolute Gasteiger partial charge is 0.422 e. The average molecular weight is 389 g/mol. The van der Waals surface area contributed by atoms with E-state index in [1.807, 2.05) is 66.7 Å². The highest BCUT2D eigenvalue weighted by molar-refractivity contribution is 6.03. The predicted molar refractivity (Wildman–Crippen MR) is 118 cm³/mol. The van der Waals surface area contributed by atoms with Gasteiger partial charge in [-0.3, -0.25) is 0 Å². The zero-order chi connectivity index (χ0) is 20.1. The second-order valence-electron chi connectivity index (χ2n) is 7.18. The molecule has 5 heteroatoms. The molecule has 2 heterocycles. The van der Waals surface area contributed by atoms with Crippen molar-refractivity contribution in [3.63, 3.8) is 0 Å². The summed E-state index contributed by atoms with van der Waals surface area (Å²) >= 11 is 0. The van der Waals surface area contributed by atoms with Crippen LogP contribution >= 0.6 is 0 Å². The van der Waals surface area contributed by atoms with E-state index in [9.17, 15) is 4.79 Å². The van der Waals surface area contributed by atoms with E-state index in [1.54, 1.807) is 10.9 Å². The van der Waals surface area contributed by atoms with E-state index in [2.05, 4.69) is 23.3 Å². The third-order valence-electron chi connectivity index (χ3n) is 5.31. The van der Waals surface area contributed by atoms with Crippen LogP contribution in [0.25, 0.3) is 49.6 Å². The number of fused-ring (bicyclic) bond motifs is 4. The van der Waals surface area contributed by atoms with Crippen LogP contribution in [0.4, 0.5) is 0 Å². The molecule has 30 heavy (non-hydrogen) atoms. The molecule has 0 saturated heterocycles. The highest BCUT2D eigenvalue weighted by atomic mass is 16.4. The molecule has 0 aliphatic rings. The van der Waals surface area contributed by atoms with E-state index in [0.717, 1.165) is 38.4 Å². The number of benzene rings is 4. The molecular formula is C25H15N3O2. The molecule has 0 spiro atoms. The molecule has 0 atom stereocenters. The summed E-state index contributed by atoms with van der Waals surface area (Å²) in [6, 6.07) is 29.1. The van der Waals surface area contributed by atoms with Gasteiger partial charge in [-0.25, -0.2) is 4.79 Å². The van der Waals surface area contributed by atoms with Crippen molar-refractivity contribution in [3.05, 3.63) is 101 Å². The molecule has 4 aromatic carbocycles. The molecule has 5 nitrogen and oxygen atoms in total. The molecule has 0 aliphatic heterocycles. The topological polar surface area (TPSA) is 60.9 Å². The van der Waals surface area contributed by atoms with Crippen molar-refractivity contribution in [1.29, 1.82) is 0 Å². The van der Waals surface area contributed by atoms with E-state index < -0.39 is 0 Å². The van der Waals surface area contributed by atoms with Crippen molar-refractivity contribution >= 4 is 32.8 Å². The fourth-order valence-corrected chi connectivity index (χ4v) is 3.82. The predicted octanol–water partition coefficient (Wildman–Crippen LogP) is 5.35. The summed E-state index contributed by atoms with van der Waals surface area (Å²) in [7, 11) is 0. The Morgan fingerprint density at radius 3 is 2.47 bits per heavy atom. The first-order chi connectivity index (χ1) is 14.8. The Balaban J connectivity index is 1.53. The van der Waals surface area contributed by atoms with Crippen LogP contribution in [0.15, 0.2) is 100 Å². The Labute approximate surface area is 170 Å². The quantitative estimate of drug-likeness (QED) is 0.375. The zero-order valence-corrected chi connectivity index (χ0v) is 15.8. The molecule has 0 amide bonds. The van der Waals surface area contributed by atoms with Gasteiger partial charge in [0.2, 0.25) is 0 Å². The Morgan fingerprint density at radius 2 is 1.57 bits per heavy atom.